The SMILES string of the molecule is CC(=O)N1CCC(Nc2cc(C(=O)N3CCCC(O)C3)nc(-c3ccccc3)n2)CC1. The molecule has 2 saturated heterocycles. The highest BCUT2D eigenvalue weighted by Gasteiger charge is 2.26. The molecule has 4 rings (SSSR count). The van der Waals surface area contributed by atoms with E-state index < -0.39 is 6.10 Å². The number of amides is 2. The van der Waals surface area contributed by atoms with Crippen LogP contribution in [0.4, 0.5) is 5.82 Å². The number of β-amino-alcohol motifs (C(OH)–C–C–N with tert-alkyl or cyclic N) is 1. The van der Waals surface area contributed by atoms with E-state index in [0.29, 0.717) is 49.9 Å². The third-order valence-corrected chi connectivity index (χ3v) is 5.95. The van der Waals surface area contributed by atoms with Crippen molar-refractivity contribution in [2.45, 2.75) is 44.8 Å². The van der Waals surface area contributed by atoms with Crippen molar-refractivity contribution in [2.24, 2.45) is 0 Å². The highest BCUT2D eigenvalue weighted by molar-refractivity contribution is 5.93. The van der Waals surface area contributed by atoms with Gasteiger partial charge in [-0.1, -0.05) is 30.3 Å². The van der Waals surface area contributed by atoms with Crippen LogP contribution in [0, 0.1) is 0 Å². The smallest absolute Gasteiger partial charge is 0.272 e. The highest BCUT2D eigenvalue weighted by Crippen LogP contribution is 2.22. The van der Waals surface area contributed by atoms with Gasteiger partial charge in [-0.3, -0.25) is 9.59 Å². The van der Waals surface area contributed by atoms with Crippen molar-refractivity contribution >= 4 is 17.6 Å². The van der Waals surface area contributed by atoms with Crippen LogP contribution in [0.1, 0.15) is 43.1 Å². The number of nitrogens with one attached hydrogen (secondary N) is 1. The van der Waals surface area contributed by atoms with Crippen molar-refractivity contribution in [3.05, 3.63) is 42.1 Å². The molecule has 1 unspecified atom stereocenters. The van der Waals surface area contributed by atoms with E-state index in [4.69, 9.17) is 0 Å². The molecule has 8 heteroatoms. The predicted molar refractivity (Wildman–Crippen MR) is 118 cm³/mol. The first-order valence-corrected chi connectivity index (χ1v) is 10.9. The molecular weight excluding hydrogens is 394 g/mol. The molecule has 0 saturated carbocycles. The zero-order valence-corrected chi connectivity index (χ0v) is 17.8. The van der Waals surface area contributed by atoms with Crippen LogP contribution < -0.4 is 5.32 Å². The summed E-state index contributed by atoms with van der Waals surface area (Å²) < 4.78 is 0. The molecule has 3 heterocycles. The number of hydrogen-bond acceptors (Lipinski definition) is 6. The molecule has 164 valence electrons. The molecule has 1 atom stereocenters. The molecule has 2 N–H and O–H groups in total. The van der Waals surface area contributed by atoms with E-state index in [2.05, 4.69) is 15.3 Å². The van der Waals surface area contributed by atoms with Gasteiger partial charge in [0.2, 0.25) is 5.91 Å². The van der Waals surface area contributed by atoms with Crippen molar-refractivity contribution in [3.63, 3.8) is 0 Å². The fraction of sp³-hybridized carbons (Fsp3) is 0.478. The fourth-order valence-corrected chi connectivity index (χ4v) is 4.20. The summed E-state index contributed by atoms with van der Waals surface area (Å²) >= 11 is 0. The van der Waals surface area contributed by atoms with Gasteiger partial charge < -0.3 is 20.2 Å². The van der Waals surface area contributed by atoms with Gasteiger partial charge in [-0.15, -0.1) is 0 Å². The molecule has 2 aromatic rings. The second-order valence-corrected chi connectivity index (χ2v) is 8.30. The van der Waals surface area contributed by atoms with Crippen molar-refractivity contribution in [2.75, 3.05) is 31.5 Å². The summed E-state index contributed by atoms with van der Waals surface area (Å²) in [6.07, 6.45) is 2.66. The Morgan fingerprint density at radius 1 is 1.03 bits per heavy atom. The Morgan fingerprint density at radius 2 is 1.77 bits per heavy atom. The Labute approximate surface area is 182 Å². The predicted octanol–water partition coefficient (Wildman–Crippen LogP) is 2.16. The van der Waals surface area contributed by atoms with Crippen LogP contribution in [0.5, 0.6) is 0 Å². The number of benzene rings is 1. The minimum absolute atomic E-state index is 0.100. The minimum Gasteiger partial charge on any atom is -0.391 e. The van der Waals surface area contributed by atoms with Gasteiger partial charge in [0.25, 0.3) is 5.91 Å². The number of aliphatic hydroxyl groups excluding tert-OH is 1. The van der Waals surface area contributed by atoms with Crippen LogP contribution in [0.2, 0.25) is 0 Å². The Hall–Kier alpha value is -3.00. The number of nitrogens with zero attached hydrogens (tertiary/aromatic N) is 4. The number of rotatable bonds is 4. The van der Waals surface area contributed by atoms with Crippen molar-refractivity contribution < 1.29 is 14.7 Å². The monoisotopic (exact) mass is 423 g/mol. The number of piperidine rings is 2. The van der Waals surface area contributed by atoms with E-state index >= 15 is 0 Å². The Kier molecular flexibility index (Phi) is 6.46. The molecule has 1 aromatic heterocycles. The lowest BCUT2D eigenvalue weighted by Gasteiger charge is -2.32. The Balaban J connectivity index is 1.58. The number of aromatic nitrogens is 2. The topological polar surface area (TPSA) is 98.7 Å². The number of aliphatic hydroxyl groups is 1. The minimum atomic E-state index is -0.489. The lowest BCUT2D eigenvalue weighted by Crippen LogP contribution is -2.42. The summed E-state index contributed by atoms with van der Waals surface area (Å²) in [5.41, 5.74) is 1.16. The lowest BCUT2D eigenvalue weighted by atomic mass is 10.0. The fourth-order valence-electron chi connectivity index (χ4n) is 4.20. The summed E-state index contributed by atoms with van der Waals surface area (Å²) in [5, 5.41) is 13.4. The van der Waals surface area contributed by atoms with Gasteiger partial charge in [0.15, 0.2) is 5.82 Å². The van der Waals surface area contributed by atoms with Crippen LogP contribution in [0.15, 0.2) is 36.4 Å². The summed E-state index contributed by atoms with van der Waals surface area (Å²) in [6, 6.07) is 11.5. The molecule has 1 aromatic carbocycles. The molecule has 0 radical (unpaired) electrons. The first-order valence-electron chi connectivity index (χ1n) is 10.9. The van der Waals surface area contributed by atoms with Crippen molar-refractivity contribution in [1.82, 2.24) is 19.8 Å². The van der Waals surface area contributed by atoms with Gasteiger partial charge in [-0.05, 0) is 25.7 Å². The zero-order valence-electron chi connectivity index (χ0n) is 17.8. The third kappa shape index (κ3) is 5.19. The van der Waals surface area contributed by atoms with Gasteiger partial charge in [-0.2, -0.15) is 0 Å². The molecule has 2 aliphatic rings. The lowest BCUT2D eigenvalue weighted by molar-refractivity contribution is -0.129. The van der Waals surface area contributed by atoms with E-state index in [1.807, 2.05) is 35.2 Å². The third-order valence-electron chi connectivity index (χ3n) is 5.95. The van der Waals surface area contributed by atoms with Crippen LogP contribution in [0.25, 0.3) is 11.4 Å². The molecule has 2 aliphatic heterocycles. The number of hydrogen-bond donors (Lipinski definition) is 2. The van der Waals surface area contributed by atoms with E-state index in [-0.39, 0.29) is 17.9 Å². The summed E-state index contributed by atoms with van der Waals surface area (Å²) in [6.45, 7) is 3.96. The average Bonchev–Trinajstić information content (AvgIpc) is 2.79. The van der Waals surface area contributed by atoms with Gasteiger partial charge in [0.05, 0.1) is 6.10 Å². The Morgan fingerprint density at radius 3 is 2.45 bits per heavy atom. The highest BCUT2D eigenvalue weighted by atomic mass is 16.3. The molecule has 31 heavy (non-hydrogen) atoms. The first-order chi connectivity index (χ1) is 15.0. The molecule has 8 nitrogen and oxygen atoms in total. The normalized spacial score (nSPS) is 19.9. The maximum Gasteiger partial charge on any atom is 0.272 e. The van der Waals surface area contributed by atoms with E-state index in [1.165, 1.54) is 0 Å². The second kappa shape index (κ2) is 9.43. The maximum atomic E-state index is 13.1. The number of likely N-dealkylation sites (tertiary alicyclic amines) is 2. The number of carbonyl (C=O) groups is 2. The van der Waals surface area contributed by atoms with Crippen LogP contribution in [-0.4, -0.2) is 75.0 Å². The largest absolute Gasteiger partial charge is 0.391 e. The van der Waals surface area contributed by atoms with Crippen LogP contribution in [-0.2, 0) is 4.79 Å². The van der Waals surface area contributed by atoms with Gasteiger partial charge >= 0.3 is 0 Å². The van der Waals surface area contributed by atoms with E-state index in [9.17, 15) is 14.7 Å². The van der Waals surface area contributed by atoms with Crippen LogP contribution in [0.3, 0.4) is 0 Å². The molecule has 2 fully saturated rings. The Bertz CT molecular complexity index is 928. The summed E-state index contributed by atoms with van der Waals surface area (Å²) in [4.78, 5) is 37.5. The van der Waals surface area contributed by atoms with Gasteiger partial charge in [0.1, 0.15) is 11.5 Å². The van der Waals surface area contributed by atoms with Gasteiger partial charge in [0, 0.05) is 50.8 Å². The average molecular weight is 424 g/mol. The quantitative estimate of drug-likeness (QED) is 0.782. The molecule has 0 spiro atoms. The standard InChI is InChI=1S/C23H29N5O3/c1-16(29)27-12-9-18(10-13-27)24-21-14-20(23(31)28-11-5-8-19(30)15-28)25-22(26-21)17-6-3-2-4-7-17/h2-4,6-7,14,18-19,30H,5,8-13,15H2,1H3,(H,24,25,26). The van der Waals surface area contributed by atoms with Gasteiger partial charge in [-0.25, -0.2) is 9.97 Å². The summed E-state index contributed by atoms with van der Waals surface area (Å²) in [7, 11) is 0. The zero-order chi connectivity index (χ0) is 21.8. The summed E-state index contributed by atoms with van der Waals surface area (Å²) in [5.74, 6) is 1.01. The number of carbonyl (C=O) groups excluding carboxylic acids is 2. The van der Waals surface area contributed by atoms with Crippen molar-refractivity contribution in [3.8, 4) is 11.4 Å². The number of anilines is 1. The molecule has 2 amide bonds. The second-order valence-electron chi connectivity index (χ2n) is 8.30. The van der Waals surface area contributed by atoms with E-state index in [0.717, 1.165) is 24.8 Å². The molecule has 0 aliphatic carbocycles. The van der Waals surface area contributed by atoms with Crippen LogP contribution >= 0.6 is 0 Å². The first kappa shape index (κ1) is 21.2. The molecular formula is C23H29N5O3. The molecule has 0 bridgehead atoms. The van der Waals surface area contributed by atoms with Crippen molar-refractivity contribution in [1.29, 1.82) is 0 Å². The maximum absolute atomic E-state index is 13.1. The van der Waals surface area contributed by atoms with E-state index in [1.54, 1.807) is 17.9 Å².